The topological polar surface area (TPSA) is 72.9 Å². The van der Waals surface area contributed by atoms with Crippen LogP contribution < -0.4 is 9.47 Å². The van der Waals surface area contributed by atoms with Gasteiger partial charge in [-0.3, -0.25) is 4.79 Å². The molecule has 1 heterocycles. The first-order chi connectivity index (χ1) is 10.9. The van der Waals surface area contributed by atoms with Crippen molar-refractivity contribution in [1.82, 2.24) is 4.90 Å². The summed E-state index contributed by atoms with van der Waals surface area (Å²) in [7, 11) is 0.00495. The van der Waals surface area contributed by atoms with Crippen LogP contribution in [0.1, 0.15) is 30.1 Å². The lowest BCUT2D eigenvalue weighted by molar-refractivity contribution is 0.0696. The van der Waals surface area contributed by atoms with Crippen LogP contribution in [0.4, 0.5) is 0 Å². The molecule has 0 unspecified atom stereocenters. The zero-order chi connectivity index (χ0) is 17.0. The van der Waals surface area contributed by atoms with E-state index in [1.165, 1.54) is 14.2 Å². The summed E-state index contributed by atoms with van der Waals surface area (Å²) < 4.78 is 33.9. The monoisotopic (exact) mass is 341 g/mol. The molecule has 1 aromatic carbocycles. The van der Waals surface area contributed by atoms with E-state index < -0.39 is 9.84 Å². The largest absolute Gasteiger partial charge is 0.497 e. The highest BCUT2D eigenvalue weighted by atomic mass is 32.2. The summed E-state index contributed by atoms with van der Waals surface area (Å²) in [6, 6.07) is 4.74. The van der Waals surface area contributed by atoms with E-state index in [1.807, 2.05) is 6.92 Å². The predicted molar refractivity (Wildman–Crippen MR) is 87.9 cm³/mol. The molecule has 7 heteroatoms. The van der Waals surface area contributed by atoms with Gasteiger partial charge in [-0.1, -0.05) is 6.92 Å². The van der Waals surface area contributed by atoms with Gasteiger partial charge >= 0.3 is 0 Å². The fourth-order valence-electron chi connectivity index (χ4n) is 2.81. The number of rotatable bonds is 6. The molecule has 0 aliphatic carbocycles. The molecule has 1 aromatic rings. The summed E-state index contributed by atoms with van der Waals surface area (Å²) in [5, 5.41) is 0. The number of methoxy groups -OCH3 is 2. The molecule has 6 nitrogen and oxygen atoms in total. The van der Waals surface area contributed by atoms with Crippen LogP contribution in [0.2, 0.25) is 0 Å². The summed E-state index contributed by atoms with van der Waals surface area (Å²) >= 11 is 0. The molecule has 0 saturated carbocycles. The van der Waals surface area contributed by atoms with Crippen molar-refractivity contribution in [2.45, 2.75) is 25.8 Å². The molecular formula is C16H23NO5S. The Morgan fingerprint density at radius 1 is 1.22 bits per heavy atom. The molecule has 0 N–H and O–H groups in total. The Kier molecular flexibility index (Phi) is 5.51. The van der Waals surface area contributed by atoms with Gasteiger partial charge in [-0.2, -0.15) is 0 Å². The predicted octanol–water partition coefficient (Wildman–Crippen LogP) is 1.74. The molecule has 0 spiro atoms. The number of amides is 1. The number of benzene rings is 1. The van der Waals surface area contributed by atoms with Crippen molar-refractivity contribution in [3.63, 3.8) is 0 Å². The van der Waals surface area contributed by atoms with E-state index >= 15 is 0 Å². The normalized spacial score (nSPS) is 19.3. The zero-order valence-corrected chi connectivity index (χ0v) is 14.6. The van der Waals surface area contributed by atoms with E-state index in [2.05, 4.69) is 0 Å². The summed E-state index contributed by atoms with van der Waals surface area (Å²) in [6.07, 6.45) is 1.26. The van der Waals surface area contributed by atoms with Crippen LogP contribution in [0.15, 0.2) is 18.2 Å². The van der Waals surface area contributed by atoms with Gasteiger partial charge in [-0.25, -0.2) is 8.42 Å². The van der Waals surface area contributed by atoms with Gasteiger partial charge in [0, 0.05) is 24.2 Å². The number of ether oxygens (including phenoxy) is 2. The lowest BCUT2D eigenvalue weighted by Gasteiger charge is -2.28. The Bertz CT molecular complexity index is 649. The number of nitrogens with zero attached hydrogens (tertiary/aromatic N) is 1. The zero-order valence-electron chi connectivity index (χ0n) is 13.7. The fourth-order valence-corrected chi connectivity index (χ4v) is 4.54. The van der Waals surface area contributed by atoms with Crippen LogP contribution in [0.3, 0.4) is 0 Å². The van der Waals surface area contributed by atoms with E-state index in [4.69, 9.17) is 9.47 Å². The van der Waals surface area contributed by atoms with E-state index in [0.29, 0.717) is 30.0 Å². The molecule has 1 saturated heterocycles. The highest BCUT2D eigenvalue weighted by molar-refractivity contribution is 7.91. The van der Waals surface area contributed by atoms with E-state index in [-0.39, 0.29) is 23.5 Å². The second kappa shape index (κ2) is 7.21. The molecule has 1 fully saturated rings. The Morgan fingerprint density at radius 3 is 2.26 bits per heavy atom. The van der Waals surface area contributed by atoms with Crippen LogP contribution in [0.5, 0.6) is 11.5 Å². The van der Waals surface area contributed by atoms with Crippen LogP contribution in [0.25, 0.3) is 0 Å². The van der Waals surface area contributed by atoms with Gasteiger partial charge in [0.25, 0.3) is 5.91 Å². The average molecular weight is 341 g/mol. The van der Waals surface area contributed by atoms with E-state index in [9.17, 15) is 13.2 Å². The third-order valence-corrected chi connectivity index (χ3v) is 5.72. The number of carbonyl (C=O) groups excluding carboxylic acids is 1. The summed E-state index contributed by atoms with van der Waals surface area (Å²) in [5.41, 5.74) is 0.443. The molecular weight excluding hydrogens is 318 g/mol. The van der Waals surface area contributed by atoms with Crippen molar-refractivity contribution in [3.05, 3.63) is 23.8 Å². The molecule has 1 amide bonds. The van der Waals surface area contributed by atoms with Crippen molar-refractivity contribution in [3.8, 4) is 11.5 Å². The Hall–Kier alpha value is -1.76. The number of hydrogen-bond acceptors (Lipinski definition) is 5. The quantitative estimate of drug-likeness (QED) is 0.788. The standard InChI is InChI=1S/C16H23NO5S/c1-4-6-17(13-5-7-23(19,20)11-13)16(18)12-8-14(21-2)10-15(9-12)22-3/h8-10,13H,4-7,11H2,1-3H3/t13-/m0/s1. The minimum atomic E-state index is -3.04. The van der Waals surface area contributed by atoms with Crippen molar-refractivity contribution >= 4 is 15.7 Å². The highest BCUT2D eigenvalue weighted by Crippen LogP contribution is 2.26. The average Bonchev–Trinajstić information content (AvgIpc) is 2.91. The number of sulfone groups is 1. The van der Waals surface area contributed by atoms with Crippen molar-refractivity contribution in [1.29, 1.82) is 0 Å². The van der Waals surface area contributed by atoms with Crippen LogP contribution in [-0.2, 0) is 9.84 Å². The van der Waals surface area contributed by atoms with Gasteiger partial charge in [0.1, 0.15) is 11.5 Å². The summed E-state index contributed by atoms with van der Waals surface area (Å²) in [4.78, 5) is 14.6. The minimum absolute atomic E-state index is 0.0415. The fraction of sp³-hybridized carbons (Fsp3) is 0.562. The third kappa shape index (κ3) is 4.16. The Balaban J connectivity index is 2.31. The second-order valence-electron chi connectivity index (χ2n) is 5.66. The molecule has 0 bridgehead atoms. The number of carbonyl (C=O) groups is 1. The second-order valence-corrected chi connectivity index (χ2v) is 7.89. The van der Waals surface area contributed by atoms with Gasteiger partial charge in [0.15, 0.2) is 9.84 Å². The van der Waals surface area contributed by atoms with Gasteiger partial charge in [0.2, 0.25) is 0 Å². The maximum atomic E-state index is 12.9. The van der Waals surface area contributed by atoms with Gasteiger partial charge in [-0.05, 0) is 25.0 Å². The van der Waals surface area contributed by atoms with Crippen LogP contribution in [-0.4, -0.2) is 57.5 Å². The summed E-state index contributed by atoms with van der Waals surface area (Å²) in [6.45, 7) is 2.49. The van der Waals surface area contributed by atoms with Crippen molar-refractivity contribution < 1.29 is 22.7 Å². The smallest absolute Gasteiger partial charge is 0.254 e. The first kappa shape index (κ1) is 17.6. The molecule has 23 heavy (non-hydrogen) atoms. The van der Waals surface area contributed by atoms with Crippen LogP contribution >= 0.6 is 0 Å². The molecule has 1 atom stereocenters. The van der Waals surface area contributed by atoms with Gasteiger partial charge < -0.3 is 14.4 Å². The SMILES string of the molecule is CCCN(C(=O)c1cc(OC)cc(OC)c1)[C@H]1CCS(=O)(=O)C1. The Morgan fingerprint density at radius 2 is 1.83 bits per heavy atom. The van der Waals surface area contributed by atoms with Crippen molar-refractivity contribution in [2.24, 2.45) is 0 Å². The highest BCUT2D eigenvalue weighted by Gasteiger charge is 2.34. The number of hydrogen-bond donors (Lipinski definition) is 0. The molecule has 2 rings (SSSR count). The van der Waals surface area contributed by atoms with Crippen LogP contribution in [0, 0.1) is 0 Å². The maximum Gasteiger partial charge on any atom is 0.254 e. The van der Waals surface area contributed by atoms with E-state index in [1.54, 1.807) is 23.1 Å². The van der Waals surface area contributed by atoms with Gasteiger partial charge in [0.05, 0.1) is 25.7 Å². The molecule has 1 aliphatic heterocycles. The first-order valence-electron chi connectivity index (χ1n) is 7.64. The lowest BCUT2D eigenvalue weighted by atomic mass is 10.1. The third-order valence-electron chi connectivity index (χ3n) is 3.97. The Labute approximate surface area is 137 Å². The minimum Gasteiger partial charge on any atom is -0.497 e. The molecule has 0 aromatic heterocycles. The maximum absolute atomic E-state index is 12.9. The van der Waals surface area contributed by atoms with E-state index in [0.717, 1.165) is 6.42 Å². The van der Waals surface area contributed by atoms with Crippen molar-refractivity contribution in [2.75, 3.05) is 32.3 Å². The lowest BCUT2D eigenvalue weighted by Crippen LogP contribution is -2.41. The summed E-state index contributed by atoms with van der Waals surface area (Å²) in [5.74, 6) is 1.06. The molecule has 0 radical (unpaired) electrons. The van der Waals surface area contributed by atoms with Gasteiger partial charge in [-0.15, -0.1) is 0 Å². The molecule has 128 valence electrons. The first-order valence-corrected chi connectivity index (χ1v) is 9.46. The molecule has 1 aliphatic rings.